The molecule has 1 aliphatic heterocycles. The first-order valence-electron chi connectivity index (χ1n) is 5.24. The highest BCUT2D eigenvalue weighted by atomic mass is 28.2. The summed E-state index contributed by atoms with van der Waals surface area (Å²) in [6.45, 7) is 5.64. The van der Waals surface area contributed by atoms with Crippen molar-refractivity contribution in [1.29, 1.82) is 0 Å². The predicted octanol–water partition coefficient (Wildman–Crippen LogP) is 0.785. The van der Waals surface area contributed by atoms with Crippen LogP contribution in [0.25, 0.3) is 0 Å². The molecule has 1 saturated heterocycles. The van der Waals surface area contributed by atoms with Crippen LogP contribution in [-0.2, 0) is 18.8 Å². The molecule has 1 fully saturated rings. The van der Waals surface area contributed by atoms with Crippen LogP contribution >= 0.6 is 0 Å². The number of cyclic esters (lactones) is 2. The molecular weight excluding hydrogens is 212 g/mol. The second kappa shape index (κ2) is 4.06. The van der Waals surface area contributed by atoms with Crippen LogP contribution in [0, 0.1) is 5.41 Å². The second-order valence-electron chi connectivity index (χ2n) is 4.23. The summed E-state index contributed by atoms with van der Waals surface area (Å²) in [6, 6.07) is 0. The minimum Gasteiger partial charge on any atom is -0.426 e. The lowest BCUT2D eigenvalue weighted by Crippen LogP contribution is -2.41. The summed E-state index contributed by atoms with van der Waals surface area (Å²) in [4.78, 5) is 23.5. The molecule has 0 spiro atoms. The molecular formula is C10H18O4Si. The van der Waals surface area contributed by atoms with E-state index in [1.165, 1.54) is 0 Å². The van der Waals surface area contributed by atoms with Gasteiger partial charge >= 0.3 is 11.9 Å². The molecule has 15 heavy (non-hydrogen) atoms. The average Bonchev–Trinajstić information content (AvgIpc) is 2.41. The molecule has 5 heteroatoms. The van der Waals surface area contributed by atoms with Gasteiger partial charge in [-0.05, 0) is 19.8 Å². The highest BCUT2D eigenvalue weighted by Crippen LogP contribution is 2.56. The van der Waals surface area contributed by atoms with Gasteiger partial charge in [0.15, 0.2) is 9.76 Å². The van der Waals surface area contributed by atoms with Crippen molar-refractivity contribution in [3.63, 3.8) is 0 Å². The Kier molecular flexibility index (Phi) is 3.35. The summed E-state index contributed by atoms with van der Waals surface area (Å²) >= 11 is 0. The van der Waals surface area contributed by atoms with Gasteiger partial charge in [-0.15, -0.1) is 0 Å². The minimum atomic E-state index is -1.10. The maximum atomic E-state index is 11.8. The molecule has 4 nitrogen and oxygen atoms in total. The Labute approximate surface area is 92.3 Å². The highest BCUT2D eigenvalue weighted by molar-refractivity contribution is 6.44. The van der Waals surface area contributed by atoms with Crippen molar-refractivity contribution in [3.05, 3.63) is 0 Å². The van der Waals surface area contributed by atoms with E-state index in [9.17, 15) is 9.59 Å². The molecule has 1 heterocycles. The number of carbonyl (C=O) groups is 2. The molecule has 0 aromatic rings. The normalized spacial score (nSPS) is 36.5. The monoisotopic (exact) mass is 230 g/mol. The van der Waals surface area contributed by atoms with Crippen LogP contribution in [0.4, 0.5) is 0 Å². The van der Waals surface area contributed by atoms with Gasteiger partial charge in [-0.25, -0.2) is 0 Å². The van der Waals surface area contributed by atoms with E-state index in [1.807, 2.05) is 20.8 Å². The summed E-state index contributed by atoms with van der Waals surface area (Å²) in [5.41, 5.74) is -0.693. The van der Waals surface area contributed by atoms with Gasteiger partial charge in [0, 0.05) is 7.11 Å². The molecule has 0 aliphatic carbocycles. The van der Waals surface area contributed by atoms with Crippen molar-refractivity contribution in [1.82, 2.24) is 0 Å². The number of rotatable bonds is 4. The Morgan fingerprint density at radius 1 is 1.27 bits per heavy atom. The van der Waals surface area contributed by atoms with Gasteiger partial charge in [0.1, 0.15) is 0 Å². The van der Waals surface area contributed by atoms with Crippen molar-refractivity contribution in [2.75, 3.05) is 7.11 Å². The largest absolute Gasteiger partial charge is 0.426 e. The molecule has 1 aliphatic rings. The third-order valence-electron chi connectivity index (χ3n) is 3.78. The van der Waals surface area contributed by atoms with Gasteiger partial charge < -0.3 is 9.16 Å². The third-order valence-corrected chi connectivity index (χ3v) is 6.13. The predicted molar refractivity (Wildman–Crippen MR) is 58.0 cm³/mol. The van der Waals surface area contributed by atoms with E-state index in [0.717, 1.165) is 0 Å². The summed E-state index contributed by atoms with van der Waals surface area (Å²) < 4.78 is 10.0. The Bertz CT molecular complexity index is 291. The summed E-state index contributed by atoms with van der Waals surface area (Å²) in [5, 5.41) is -0.673. The lowest BCUT2D eigenvalue weighted by Gasteiger charge is -2.34. The maximum absolute atomic E-state index is 11.8. The molecule has 0 aromatic carbocycles. The van der Waals surface area contributed by atoms with Crippen LogP contribution in [0.3, 0.4) is 0 Å². The van der Waals surface area contributed by atoms with Crippen LogP contribution in [0.1, 0.15) is 33.6 Å². The molecule has 2 unspecified atom stereocenters. The highest BCUT2D eigenvalue weighted by Gasteiger charge is 2.64. The Balaban J connectivity index is 3.21. The van der Waals surface area contributed by atoms with Crippen molar-refractivity contribution < 1.29 is 18.8 Å². The van der Waals surface area contributed by atoms with Gasteiger partial charge in [-0.3, -0.25) is 9.59 Å². The van der Waals surface area contributed by atoms with Crippen molar-refractivity contribution in [2.45, 2.75) is 38.7 Å². The molecule has 0 bridgehead atoms. The van der Waals surface area contributed by atoms with E-state index in [-0.39, 0.29) is 11.9 Å². The van der Waals surface area contributed by atoms with E-state index in [0.29, 0.717) is 12.8 Å². The third kappa shape index (κ3) is 1.45. The lowest BCUT2D eigenvalue weighted by atomic mass is 9.74. The molecule has 0 amide bonds. The topological polar surface area (TPSA) is 52.6 Å². The zero-order chi connectivity index (χ0) is 11.7. The fourth-order valence-corrected chi connectivity index (χ4v) is 3.90. The first-order chi connectivity index (χ1) is 6.98. The smallest absolute Gasteiger partial charge is 0.320 e. The average molecular weight is 230 g/mol. The van der Waals surface area contributed by atoms with Crippen LogP contribution in [0.15, 0.2) is 0 Å². The zero-order valence-electron chi connectivity index (χ0n) is 9.75. The minimum absolute atomic E-state index is 0.382. The SMILES string of the molecule is CCC1(C)C(=O)OC(=O)C1(CC)[SiH2]OC. The van der Waals surface area contributed by atoms with Gasteiger partial charge in [0.05, 0.1) is 10.5 Å². The number of esters is 2. The number of ether oxygens (including phenoxy) is 1. The van der Waals surface area contributed by atoms with E-state index in [2.05, 4.69) is 0 Å². The van der Waals surface area contributed by atoms with Gasteiger partial charge in [-0.2, -0.15) is 0 Å². The number of carbonyl (C=O) groups excluding carboxylic acids is 2. The Morgan fingerprint density at radius 3 is 2.27 bits per heavy atom. The van der Waals surface area contributed by atoms with Crippen LogP contribution < -0.4 is 0 Å². The van der Waals surface area contributed by atoms with Crippen LogP contribution in [-0.4, -0.2) is 28.8 Å². The van der Waals surface area contributed by atoms with Gasteiger partial charge in [0.25, 0.3) is 0 Å². The van der Waals surface area contributed by atoms with Gasteiger partial charge in [0.2, 0.25) is 0 Å². The Hall–Kier alpha value is -0.683. The second-order valence-corrected chi connectivity index (χ2v) is 6.30. The number of hydrogen-bond acceptors (Lipinski definition) is 4. The summed E-state index contributed by atoms with van der Waals surface area (Å²) in [7, 11) is 0.495. The number of hydrogen-bond donors (Lipinski definition) is 0. The molecule has 86 valence electrons. The van der Waals surface area contributed by atoms with Gasteiger partial charge in [-0.1, -0.05) is 13.8 Å². The fraction of sp³-hybridized carbons (Fsp3) is 0.800. The summed E-state index contributed by atoms with van der Waals surface area (Å²) in [5.74, 6) is -0.769. The van der Waals surface area contributed by atoms with E-state index < -0.39 is 20.2 Å². The quantitative estimate of drug-likeness (QED) is 0.407. The molecule has 1 rings (SSSR count). The van der Waals surface area contributed by atoms with E-state index in [1.54, 1.807) is 7.11 Å². The fourth-order valence-electron chi connectivity index (χ4n) is 2.30. The van der Waals surface area contributed by atoms with Crippen molar-refractivity contribution in [3.8, 4) is 0 Å². The van der Waals surface area contributed by atoms with Crippen LogP contribution in [0.2, 0.25) is 5.04 Å². The standard InChI is InChI=1S/C10H18O4Si/c1-5-9(3)7(11)14-8(12)10(9,6-2)15-13-4/h5-6,15H2,1-4H3. The van der Waals surface area contributed by atoms with Crippen molar-refractivity contribution in [2.24, 2.45) is 5.41 Å². The molecule has 0 radical (unpaired) electrons. The van der Waals surface area contributed by atoms with E-state index in [4.69, 9.17) is 9.16 Å². The zero-order valence-corrected chi connectivity index (χ0v) is 11.2. The molecule has 0 N–H and O–H groups in total. The Morgan fingerprint density at radius 2 is 1.87 bits per heavy atom. The lowest BCUT2D eigenvalue weighted by molar-refractivity contribution is -0.155. The molecule has 0 aromatic heterocycles. The molecule has 2 atom stereocenters. The summed E-state index contributed by atoms with van der Waals surface area (Å²) in [6.07, 6.45) is 1.23. The van der Waals surface area contributed by atoms with Crippen molar-refractivity contribution >= 4 is 21.7 Å². The first kappa shape index (κ1) is 12.4. The van der Waals surface area contributed by atoms with E-state index >= 15 is 0 Å². The van der Waals surface area contributed by atoms with Crippen LogP contribution in [0.5, 0.6) is 0 Å². The first-order valence-corrected chi connectivity index (χ1v) is 6.52. The molecule has 0 saturated carbocycles. The maximum Gasteiger partial charge on any atom is 0.320 e.